The van der Waals surface area contributed by atoms with Gasteiger partial charge in [0.05, 0.1) is 23.9 Å². The van der Waals surface area contributed by atoms with E-state index in [0.717, 1.165) is 5.69 Å². The van der Waals surface area contributed by atoms with E-state index in [4.69, 9.17) is 4.74 Å². The number of carbonyl (C=O) groups is 1. The van der Waals surface area contributed by atoms with E-state index >= 15 is 0 Å². The smallest absolute Gasteiger partial charge is 0.255 e. The highest BCUT2D eigenvalue weighted by atomic mass is 16.5. The van der Waals surface area contributed by atoms with E-state index in [9.17, 15) is 4.79 Å². The van der Waals surface area contributed by atoms with Crippen LogP contribution in [-0.2, 0) is 6.54 Å². The molecule has 5 heteroatoms. The Balaban J connectivity index is 2.02. The van der Waals surface area contributed by atoms with Crippen molar-refractivity contribution in [2.45, 2.75) is 26.5 Å². The molecule has 0 saturated carbocycles. The molecule has 0 unspecified atom stereocenters. The van der Waals surface area contributed by atoms with Crippen LogP contribution in [-0.4, -0.2) is 33.9 Å². The Kier molecular flexibility index (Phi) is 4.87. The third kappa shape index (κ3) is 4.27. The van der Waals surface area contributed by atoms with Crippen LogP contribution < -0.4 is 4.74 Å². The summed E-state index contributed by atoms with van der Waals surface area (Å²) >= 11 is 0. The van der Waals surface area contributed by atoms with Crippen LogP contribution in [0.3, 0.4) is 0 Å². The largest absolute Gasteiger partial charge is 0.475 e. The van der Waals surface area contributed by atoms with Gasteiger partial charge in [-0.3, -0.25) is 9.78 Å². The normalized spacial score (nSPS) is 10.5. The summed E-state index contributed by atoms with van der Waals surface area (Å²) in [6, 6.07) is 9.08. The lowest BCUT2D eigenvalue weighted by Gasteiger charge is -2.17. The fraction of sp³-hybridized carbons (Fsp3) is 0.312. The summed E-state index contributed by atoms with van der Waals surface area (Å²) in [5.41, 5.74) is 1.38. The van der Waals surface area contributed by atoms with Crippen molar-refractivity contribution < 1.29 is 9.53 Å². The highest BCUT2D eigenvalue weighted by Gasteiger charge is 2.13. The van der Waals surface area contributed by atoms with Crippen LogP contribution in [0.25, 0.3) is 0 Å². The Morgan fingerprint density at radius 3 is 2.62 bits per heavy atom. The predicted octanol–water partition coefficient (Wildman–Crippen LogP) is 2.54. The predicted molar refractivity (Wildman–Crippen MR) is 80.0 cm³/mol. The zero-order chi connectivity index (χ0) is 15.2. The molecule has 0 fully saturated rings. The summed E-state index contributed by atoms with van der Waals surface area (Å²) < 4.78 is 5.46. The van der Waals surface area contributed by atoms with E-state index in [1.165, 1.54) is 6.20 Å². The first-order valence-corrected chi connectivity index (χ1v) is 6.84. The van der Waals surface area contributed by atoms with Crippen molar-refractivity contribution in [1.29, 1.82) is 0 Å². The molecule has 2 heterocycles. The molecular weight excluding hydrogens is 266 g/mol. The van der Waals surface area contributed by atoms with E-state index < -0.39 is 0 Å². The van der Waals surface area contributed by atoms with Gasteiger partial charge in [0, 0.05) is 25.5 Å². The van der Waals surface area contributed by atoms with Crippen molar-refractivity contribution in [1.82, 2.24) is 14.9 Å². The maximum atomic E-state index is 12.3. The van der Waals surface area contributed by atoms with Crippen molar-refractivity contribution in [2.75, 3.05) is 7.05 Å². The van der Waals surface area contributed by atoms with Crippen molar-refractivity contribution in [3.05, 3.63) is 54.0 Å². The van der Waals surface area contributed by atoms with E-state index in [1.807, 2.05) is 32.0 Å². The van der Waals surface area contributed by atoms with E-state index in [2.05, 4.69) is 9.97 Å². The van der Waals surface area contributed by atoms with Crippen LogP contribution in [0.2, 0.25) is 0 Å². The molecule has 0 atom stereocenters. The van der Waals surface area contributed by atoms with Crippen molar-refractivity contribution in [2.24, 2.45) is 0 Å². The number of hydrogen-bond acceptors (Lipinski definition) is 4. The van der Waals surface area contributed by atoms with Gasteiger partial charge < -0.3 is 9.64 Å². The number of nitrogens with zero attached hydrogens (tertiary/aromatic N) is 3. The highest BCUT2D eigenvalue weighted by molar-refractivity contribution is 5.93. The third-order valence-corrected chi connectivity index (χ3v) is 2.81. The second-order valence-corrected chi connectivity index (χ2v) is 5.03. The highest BCUT2D eigenvalue weighted by Crippen LogP contribution is 2.12. The number of ether oxygens (including phenoxy) is 1. The molecule has 2 aromatic rings. The molecule has 0 aromatic carbocycles. The van der Waals surface area contributed by atoms with Gasteiger partial charge in [0.2, 0.25) is 5.88 Å². The Morgan fingerprint density at radius 2 is 2.05 bits per heavy atom. The summed E-state index contributed by atoms with van der Waals surface area (Å²) in [6.45, 7) is 4.33. The number of pyridine rings is 2. The van der Waals surface area contributed by atoms with Crippen LogP contribution >= 0.6 is 0 Å². The molecule has 2 aromatic heterocycles. The third-order valence-electron chi connectivity index (χ3n) is 2.81. The van der Waals surface area contributed by atoms with Gasteiger partial charge in [-0.15, -0.1) is 0 Å². The first kappa shape index (κ1) is 15.0. The molecule has 0 aliphatic carbocycles. The standard InChI is InChI=1S/C16H19N3O2/c1-12(2)21-15-8-7-13(10-18-15)16(20)19(3)11-14-6-4-5-9-17-14/h4-10,12H,11H2,1-3H3. The number of amides is 1. The Labute approximate surface area is 124 Å². The average Bonchev–Trinajstić information content (AvgIpc) is 2.47. The molecule has 0 N–H and O–H groups in total. The van der Waals surface area contributed by atoms with Crippen molar-refractivity contribution >= 4 is 5.91 Å². The minimum Gasteiger partial charge on any atom is -0.475 e. The Bertz CT molecular complexity index is 582. The summed E-state index contributed by atoms with van der Waals surface area (Å²) in [5.74, 6) is 0.429. The molecule has 0 aliphatic rings. The molecule has 21 heavy (non-hydrogen) atoms. The van der Waals surface area contributed by atoms with Crippen LogP contribution in [0.15, 0.2) is 42.7 Å². The molecule has 0 radical (unpaired) electrons. The van der Waals surface area contributed by atoms with Gasteiger partial charge in [-0.1, -0.05) is 6.07 Å². The van der Waals surface area contributed by atoms with Crippen molar-refractivity contribution in [3.63, 3.8) is 0 Å². The van der Waals surface area contributed by atoms with Gasteiger partial charge in [-0.05, 0) is 32.0 Å². The fourth-order valence-electron chi connectivity index (χ4n) is 1.84. The fourth-order valence-corrected chi connectivity index (χ4v) is 1.84. The second-order valence-electron chi connectivity index (χ2n) is 5.03. The van der Waals surface area contributed by atoms with E-state index in [1.54, 1.807) is 30.3 Å². The summed E-state index contributed by atoms with van der Waals surface area (Å²) in [6.07, 6.45) is 3.31. The molecule has 0 aliphatic heterocycles. The van der Waals surface area contributed by atoms with Gasteiger partial charge >= 0.3 is 0 Å². The maximum absolute atomic E-state index is 12.3. The van der Waals surface area contributed by atoms with E-state index in [0.29, 0.717) is 18.0 Å². The SMILES string of the molecule is CC(C)Oc1ccc(C(=O)N(C)Cc2ccccn2)cn1. The molecule has 5 nitrogen and oxygen atoms in total. The molecular formula is C16H19N3O2. The summed E-state index contributed by atoms with van der Waals surface area (Å²) in [4.78, 5) is 22.3. The second kappa shape index (κ2) is 6.83. The van der Waals surface area contributed by atoms with Crippen LogP contribution in [0, 0.1) is 0 Å². The van der Waals surface area contributed by atoms with Crippen LogP contribution in [0.5, 0.6) is 5.88 Å². The van der Waals surface area contributed by atoms with Gasteiger partial charge in [0.1, 0.15) is 0 Å². The molecule has 0 spiro atoms. The average molecular weight is 285 g/mol. The zero-order valence-electron chi connectivity index (χ0n) is 12.5. The minimum absolute atomic E-state index is 0.0610. The lowest BCUT2D eigenvalue weighted by molar-refractivity contribution is 0.0783. The number of aromatic nitrogens is 2. The molecule has 0 saturated heterocycles. The van der Waals surface area contributed by atoms with Crippen molar-refractivity contribution in [3.8, 4) is 5.88 Å². The first-order chi connectivity index (χ1) is 10.1. The van der Waals surface area contributed by atoms with Crippen LogP contribution in [0.4, 0.5) is 0 Å². The number of hydrogen-bond donors (Lipinski definition) is 0. The summed E-state index contributed by atoms with van der Waals surface area (Å²) in [5, 5.41) is 0. The first-order valence-electron chi connectivity index (χ1n) is 6.84. The van der Waals surface area contributed by atoms with E-state index in [-0.39, 0.29) is 12.0 Å². The van der Waals surface area contributed by atoms with Gasteiger partial charge in [-0.25, -0.2) is 4.98 Å². The Morgan fingerprint density at radius 1 is 1.24 bits per heavy atom. The topological polar surface area (TPSA) is 55.3 Å². The van der Waals surface area contributed by atoms with Gasteiger partial charge in [0.15, 0.2) is 0 Å². The van der Waals surface area contributed by atoms with Gasteiger partial charge in [0.25, 0.3) is 5.91 Å². The lowest BCUT2D eigenvalue weighted by Crippen LogP contribution is -2.26. The quantitative estimate of drug-likeness (QED) is 0.847. The summed E-state index contributed by atoms with van der Waals surface area (Å²) in [7, 11) is 1.75. The number of carbonyl (C=O) groups excluding carboxylic acids is 1. The molecule has 2 rings (SSSR count). The molecule has 1 amide bonds. The Hall–Kier alpha value is -2.43. The minimum atomic E-state index is -0.0933. The zero-order valence-corrected chi connectivity index (χ0v) is 12.5. The molecule has 0 bridgehead atoms. The lowest BCUT2D eigenvalue weighted by atomic mass is 10.2. The monoisotopic (exact) mass is 285 g/mol. The maximum Gasteiger partial charge on any atom is 0.255 e. The van der Waals surface area contributed by atoms with Gasteiger partial charge in [-0.2, -0.15) is 0 Å². The molecule has 110 valence electrons. The number of rotatable bonds is 5. The van der Waals surface area contributed by atoms with Crippen LogP contribution in [0.1, 0.15) is 29.9 Å².